The third kappa shape index (κ3) is 2.97. The van der Waals surface area contributed by atoms with E-state index in [4.69, 9.17) is 4.42 Å². The van der Waals surface area contributed by atoms with Crippen LogP contribution in [-0.4, -0.2) is 13.1 Å². The lowest BCUT2D eigenvalue weighted by Gasteiger charge is -2.07. The molecular formula is C10H13NO3. The van der Waals surface area contributed by atoms with Crippen LogP contribution in [0.15, 0.2) is 35.1 Å². The molecule has 76 valence electrons. The summed E-state index contributed by atoms with van der Waals surface area (Å²) in [5.41, 5.74) is 0. The molecule has 0 spiro atoms. The molecule has 1 aromatic rings. The van der Waals surface area contributed by atoms with Crippen molar-refractivity contribution in [1.82, 2.24) is 5.32 Å². The van der Waals surface area contributed by atoms with Gasteiger partial charge in [0.25, 0.3) is 0 Å². The van der Waals surface area contributed by atoms with E-state index >= 15 is 0 Å². The first-order valence-electron chi connectivity index (χ1n) is 4.28. The summed E-state index contributed by atoms with van der Waals surface area (Å²) in [5.74, 6) is 0.434. The van der Waals surface area contributed by atoms with E-state index in [-0.39, 0.29) is 12.0 Å². The van der Waals surface area contributed by atoms with E-state index in [1.807, 2.05) is 19.1 Å². The van der Waals surface area contributed by atoms with E-state index in [2.05, 4.69) is 10.1 Å². The molecule has 0 saturated carbocycles. The third-order valence-corrected chi connectivity index (χ3v) is 1.74. The molecule has 1 aromatic heterocycles. The summed E-state index contributed by atoms with van der Waals surface area (Å²) in [6.45, 7) is 1.93. The smallest absolute Gasteiger partial charge is 0.331 e. The lowest BCUT2D eigenvalue weighted by Crippen LogP contribution is -2.11. The maximum absolute atomic E-state index is 10.7. The van der Waals surface area contributed by atoms with Crippen LogP contribution in [-0.2, 0) is 9.53 Å². The number of rotatable bonds is 4. The van der Waals surface area contributed by atoms with Crippen molar-refractivity contribution < 1.29 is 13.9 Å². The molecule has 0 unspecified atom stereocenters. The first kappa shape index (κ1) is 10.4. The van der Waals surface area contributed by atoms with Gasteiger partial charge in [0.05, 0.1) is 19.4 Å². The maximum Gasteiger partial charge on any atom is 0.331 e. The second-order valence-corrected chi connectivity index (χ2v) is 2.76. The maximum atomic E-state index is 10.7. The van der Waals surface area contributed by atoms with Crippen molar-refractivity contribution in [2.75, 3.05) is 7.11 Å². The Bertz CT molecular complexity index is 303. The Morgan fingerprint density at radius 1 is 1.71 bits per heavy atom. The monoisotopic (exact) mass is 195 g/mol. The van der Waals surface area contributed by atoms with Crippen molar-refractivity contribution in [3.63, 3.8) is 0 Å². The molecule has 4 nitrogen and oxygen atoms in total. The highest BCUT2D eigenvalue weighted by Gasteiger charge is 2.04. The van der Waals surface area contributed by atoms with Crippen molar-refractivity contribution in [3.8, 4) is 0 Å². The minimum atomic E-state index is -0.385. The molecule has 0 aliphatic heterocycles. The Hall–Kier alpha value is -1.71. The Morgan fingerprint density at radius 3 is 3.07 bits per heavy atom. The molecule has 14 heavy (non-hydrogen) atoms. The highest BCUT2D eigenvalue weighted by atomic mass is 16.5. The predicted octanol–water partition coefficient (Wildman–Crippen LogP) is 1.62. The summed E-state index contributed by atoms with van der Waals surface area (Å²) >= 11 is 0. The molecule has 0 bridgehead atoms. The summed E-state index contributed by atoms with van der Waals surface area (Å²) in [6, 6.07) is 3.71. The Balaban J connectivity index is 2.39. The molecule has 0 aliphatic carbocycles. The highest BCUT2D eigenvalue weighted by molar-refractivity contribution is 5.81. The van der Waals surface area contributed by atoms with Gasteiger partial charge in [-0.3, -0.25) is 0 Å². The normalized spacial score (nSPS) is 12.7. The number of esters is 1. The van der Waals surface area contributed by atoms with E-state index in [0.717, 1.165) is 5.76 Å². The minimum Gasteiger partial charge on any atom is -0.467 e. The molecule has 0 aliphatic rings. The van der Waals surface area contributed by atoms with Crippen molar-refractivity contribution in [2.45, 2.75) is 13.0 Å². The molecule has 1 N–H and O–H groups in total. The number of ether oxygens (including phenoxy) is 1. The number of nitrogens with one attached hydrogen (secondary N) is 1. The van der Waals surface area contributed by atoms with E-state index in [9.17, 15) is 4.79 Å². The summed E-state index contributed by atoms with van der Waals surface area (Å²) in [6.07, 6.45) is 4.47. The van der Waals surface area contributed by atoms with Gasteiger partial charge in [0.2, 0.25) is 0 Å². The third-order valence-electron chi connectivity index (χ3n) is 1.74. The number of furan rings is 1. The van der Waals surface area contributed by atoms with Crippen LogP contribution in [0.2, 0.25) is 0 Å². The van der Waals surface area contributed by atoms with Crippen molar-refractivity contribution in [1.29, 1.82) is 0 Å². The average molecular weight is 195 g/mol. The highest BCUT2D eigenvalue weighted by Crippen LogP contribution is 2.11. The fraction of sp³-hybridized carbons (Fsp3) is 0.300. The predicted molar refractivity (Wildman–Crippen MR) is 51.4 cm³/mol. The van der Waals surface area contributed by atoms with Crippen LogP contribution in [0.1, 0.15) is 18.7 Å². The van der Waals surface area contributed by atoms with Crippen LogP contribution in [0.25, 0.3) is 0 Å². The van der Waals surface area contributed by atoms with Crippen LogP contribution in [0.4, 0.5) is 0 Å². The quantitative estimate of drug-likeness (QED) is 0.586. The average Bonchev–Trinajstić information content (AvgIpc) is 2.70. The van der Waals surface area contributed by atoms with Crippen LogP contribution in [0, 0.1) is 0 Å². The number of carbonyl (C=O) groups excluding carboxylic acids is 1. The fourth-order valence-corrected chi connectivity index (χ4v) is 0.948. The summed E-state index contributed by atoms with van der Waals surface area (Å²) in [5, 5.41) is 2.98. The number of hydrogen-bond acceptors (Lipinski definition) is 4. The van der Waals surface area contributed by atoms with E-state index < -0.39 is 0 Å². The van der Waals surface area contributed by atoms with Gasteiger partial charge in [-0.2, -0.15) is 0 Å². The van der Waals surface area contributed by atoms with Gasteiger partial charge >= 0.3 is 5.97 Å². The second-order valence-electron chi connectivity index (χ2n) is 2.76. The molecule has 0 radical (unpaired) electrons. The summed E-state index contributed by atoms with van der Waals surface area (Å²) in [4.78, 5) is 10.7. The summed E-state index contributed by atoms with van der Waals surface area (Å²) in [7, 11) is 1.34. The Labute approximate surface area is 82.6 Å². The zero-order valence-electron chi connectivity index (χ0n) is 8.19. The van der Waals surface area contributed by atoms with Gasteiger partial charge in [0.1, 0.15) is 5.76 Å². The number of hydrogen-bond donors (Lipinski definition) is 1. The van der Waals surface area contributed by atoms with E-state index in [1.54, 1.807) is 12.5 Å². The minimum absolute atomic E-state index is 0.0332. The van der Waals surface area contributed by atoms with Crippen molar-refractivity contribution in [3.05, 3.63) is 36.4 Å². The van der Waals surface area contributed by atoms with Gasteiger partial charge in [0, 0.05) is 12.3 Å². The zero-order chi connectivity index (χ0) is 10.4. The molecule has 1 atom stereocenters. The van der Waals surface area contributed by atoms with Crippen LogP contribution in [0.3, 0.4) is 0 Å². The topological polar surface area (TPSA) is 51.5 Å². The van der Waals surface area contributed by atoms with Gasteiger partial charge in [-0.05, 0) is 19.1 Å². The number of methoxy groups -OCH3 is 1. The van der Waals surface area contributed by atoms with Gasteiger partial charge in [0.15, 0.2) is 0 Å². The van der Waals surface area contributed by atoms with Gasteiger partial charge in [-0.1, -0.05) is 0 Å². The fourth-order valence-electron chi connectivity index (χ4n) is 0.948. The van der Waals surface area contributed by atoms with Gasteiger partial charge in [-0.15, -0.1) is 0 Å². The van der Waals surface area contributed by atoms with Crippen molar-refractivity contribution in [2.24, 2.45) is 0 Å². The molecule has 0 fully saturated rings. The molecular weight excluding hydrogens is 182 g/mol. The van der Waals surface area contributed by atoms with Crippen LogP contribution >= 0.6 is 0 Å². The Kier molecular flexibility index (Phi) is 3.79. The lowest BCUT2D eigenvalue weighted by atomic mass is 10.2. The van der Waals surface area contributed by atoms with Gasteiger partial charge in [-0.25, -0.2) is 4.79 Å². The first-order valence-corrected chi connectivity index (χ1v) is 4.28. The molecule has 0 saturated heterocycles. The molecule has 0 amide bonds. The number of carbonyl (C=O) groups is 1. The second kappa shape index (κ2) is 5.11. The van der Waals surface area contributed by atoms with Crippen molar-refractivity contribution >= 4 is 5.97 Å². The summed E-state index contributed by atoms with van der Waals surface area (Å²) < 4.78 is 9.60. The standard InChI is InChI=1S/C10H13NO3/c1-8(9-4-3-7-14-9)11-6-5-10(12)13-2/h3-8,11H,1-2H3/b6-5+/t8-/m1/s1. The molecule has 0 aromatic carbocycles. The lowest BCUT2D eigenvalue weighted by molar-refractivity contribution is -0.134. The first-order chi connectivity index (χ1) is 6.74. The molecule has 1 heterocycles. The van der Waals surface area contributed by atoms with Crippen LogP contribution in [0.5, 0.6) is 0 Å². The Morgan fingerprint density at radius 2 is 2.50 bits per heavy atom. The SMILES string of the molecule is COC(=O)/C=C/N[C@H](C)c1ccco1. The van der Waals surface area contributed by atoms with Gasteiger partial charge < -0.3 is 14.5 Å². The molecule has 1 rings (SSSR count). The van der Waals surface area contributed by atoms with E-state index in [1.165, 1.54) is 13.2 Å². The van der Waals surface area contributed by atoms with E-state index in [0.29, 0.717) is 0 Å². The molecule has 4 heteroatoms. The zero-order valence-corrected chi connectivity index (χ0v) is 8.19. The van der Waals surface area contributed by atoms with Crippen LogP contribution < -0.4 is 5.32 Å². The largest absolute Gasteiger partial charge is 0.467 e.